The highest BCUT2D eigenvalue weighted by atomic mass is 15.0. The molecule has 0 aliphatic heterocycles. The highest BCUT2D eigenvalue weighted by Gasteiger charge is 2.39. The van der Waals surface area contributed by atoms with Gasteiger partial charge >= 0.3 is 0 Å². The average molecular weight is 453 g/mol. The normalized spacial score (nSPS) is 16.3. The van der Waals surface area contributed by atoms with Crippen molar-refractivity contribution in [1.29, 1.82) is 0 Å². The molecule has 0 saturated heterocycles. The summed E-state index contributed by atoms with van der Waals surface area (Å²) in [4.78, 5) is 0. The van der Waals surface area contributed by atoms with E-state index in [2.05, 4.69) is 127 Å². The van der Waals surface area contributed by atoms with Crippen LogP contribution in [0.4, 0.5) is 5.69 Å². The molecule has 0 atom stereocenters. The molecule has 1 N–H and O–H groups in total. The molecule has 0 bridgehead atoms. The molecule has 1 heterocycles. The largest absolute Gasteiger partial charge is 0.354 e. The molecule has 0 spiro atoms. The zero-order valence-corrected chi connectivity index (χ0v) is 20.2. The molecule has 2 aliphatic carbocycles. The number of hydrogen-bond donors (Lipinski definition) is 1. The van der Waals surface area contributed by atoms with Crippen molar-refractivity contribution in [3.05, 3.63) is 126 Å². The summed E-state index contributed by atoms with van der Waals surface area (Å²) in [5.74, 6) is 0. The quantitative estimate of drug-likeness (QED) is 0.290. The molecular formula is C33H28N2. The van der Waals surface area contributed by atoms with Crippen LogP contribution in [-0.2, 0) is 5.41 Å². The molecule has 4 aromatic carbocycles. The Labute approximate surface area is 206 Å². The minimum Gasteiger partial charge on any atom is -0.354 e. The van der Waals surface area contributed by atoms with E-state index < -0.39 is 0 Å². The number of aromatic nitrogens is 1. The van der Waals surface area contributed by atoms with Gasteiger partial charge < -0.3 is 9.88 Å². The van der Waals surface area contributed by atoms with E-state index in [-0.39, 0.29) is 5.41 Å². The van der Waals surface area contributed by atoms with Crippen LogP contribution in [0.5, 0.6) is 0 Å². The number of hydrogen-bond acceptors (Lipinski definition) is 1. The maximum Gasteiger partial charge on any atom is 0.0697 e. The lowest BCUT2D eigenvalue weighted by Crippen LogP contribution is -2.18. The Morgan fingerprint density at radius 2 is 1.34 bits per heavy atom. The Morgan fingerprint density at radius 1 is 0.714 bits per heavy atom. The van der Waals surface area contributed by atoms with Gasteiger partial charge in [-0.15, -0.1) is 0 Å². The van der Waals surface area contributed by atoms with E-state index in [9.17, 15) is 0 Å². The Morgan fingerprint density at radius 3 is 2.11 bits per heavy atom. The number of para-hydroxylation sites is 4. The lowest BCUT2D eigenvalue weighted by atomic mass is 9.78. The third-order valence-electron chi connectivity index (χ3n) is 7.93. The van der Waals surface area contributed by atoms with E-state index in [1.54, 1.807) is 5.57 Å². The number of fused-ring (bicyclic) bond motifs is 5. The van der Waals surface area contributed by atoms with E-state index in [4.69, 9.17) is 0 Å². The molecule has 1 aromatic heterocycles. The third kappa shape index (κ3) is 2.89. The average Bonchev–Trinajstić information content (AvgIpc) is 3.35. The molecular weight excluding hydrogens is 424 g/mol. The van der Waals surface area contributed by atoms with Gasteiger partial charge in [-0.25, -0.2) is 0 Å². The molecule has 0 saturated carbocycles. The minimum absolute atomic E-state index is 0.0689. The van der Waals surface area contributed by atoms with E-state index in [1.807, 2.05) is 0 Å². The van der Waals surface area contributed by atoms with Crippen molar-refractivity contribution in [2.45, 2.75) is 32.1 Å². The Bertz CT molecular complexity index is 1640. The van der Waals surface area contributed by atoms with Crippen LogP contribution in [0.3, 0.4) is 0 Å². The molecule has 7 rings (SSSR count). The van der Waals surface area contributed by atoms with Gasteiger partial charge in [-0.1, -0.05) is 92.7 Å². The number of allylic oxidation sites excluding steroid dienone is 3. The van der Waals surface area contributed by atoms with Gasteiger partial charge in [-0.3, -0.25) is 0 Å². The van der Waals surface area contributed by atoms with E-state index in [1.165, 1.54) is 49.9 Å². The monoisotopic (exact) mass is 452 g/mol. The van der Waals surface area contributed by atoms with E-state index in [0.717, 1.165) is 18.5 Å². The first kappa shape index (κ1) is 20.3. The lowest BCUT2D eigenvalue weighted by Gasteiger charge is -2.27. The van der Waals surface area contributed by atoms with Crippen LogP contribution in [0, 0.1) is 0 Å². The third-order valence-corrected chi connectivity index (χ3v) is 7.93. The second-order valence-corrected chi connectivity index (χ2v) is 10.2. The fraction of sp³-hybridized carbons (Fsp3) is 0.152. The minimum atomic E-state index is 0.0689. The molecule has 2 heteroatoms. The van der Waals surface area contributed by atoms with Gasteiger partial charge in [0, 0.05) is 27.5 Å². The van der Waals surface area contributed by atoms with Crippen molar-refractivity contribution in [1.82, 2.24) is 4.57 Å². The highest BCUT2D eigenvalue weighted by molar-refractivity contribution is 6.09. The lowest BCUT2D eigenvalue weighted by molar-refractivity contribution is 0.606. The van der Waals surface area contributed by atoms with Crippen LogP contribution in [0.2, 0.25) is 0 Å². The molecule has 5 aromatic rings. The van der Waals surface area contributed by atoms with Gasteiger partial charge in [-0.2, -0.15) is 0 Å². The second-order valence-electron chi connectivity index (χ2n) is 10.2. The fourth-order valence-corrected chi connectivity index (χ4v) is 6.31. The molecule has 0 radical (unpaired) electrons. The van der Waals surface area contributed by atoms with Gasteiger partial charge in [-0.05, 0) is 53.8 Å². The predicted octanol–water partition coefficient (Wildman–Crippen LogP) is 8.62. The second kappa shape index (κ2) is 7.48. The Kier molecular flexibility index (Phi) is 4.35. The van der Waals surface area contributed by atoms with Crippen molar-refractivity contribution >= 4 is 33.1 Å². The van der Waals surface area contributed by atoms with E-state index in [0.29, 0.717) is 0 Å². The van der Waals surface area contributed by atoms with Crippen molar-refractivity contribution < 1.29 is 0 Å². The maximum atomic E-state index is 3.90. The van der Waals surface area contributed by atoms with Gasteiger partial charge in [0.15, 0.2) is 0 Å². The number of anilines is 1. The summed E-state index contributed by atoms with van der Waals surface area (Å²) in [6.07, 6.45) is 4.58. The van der Waals surface area contributed by atoms with Crippen LogP contribution >= 0.6 is 0 Å². The first-order valence-corrected chi connectivity index (χ1v) is 12.5. The van der Waals surface area contributed by atoms with Crippen LogP contribution < -0.4 is 5.32 Å². The Balaban J connectivity index is 1.40. The molecule has 0 unspecified atom stereocenters. The summed E-state index contributed by atoms with van der Waals surface area (Å²) in [6, 6.07) is 35.1. The van der Waals surface area contributed by atoms with E-state index >= 15 is 0 Å². The fourth-order valence-electron chi connectivity index (χ4n) is 6.31. The van der Waals surface area contributed by atoms with Crippen molar-refractivity contribution in [2.24, 2.45) is 0 Å². The Hall–Kier alpha value is -4.04. The SMILES string of the molecule is CC1(C)C2=C(C(Nc3ccccc3-n3c4ccccc4c4ccccc43)=CCC2)c2ccccc21. The highest BCUT2D eigenvalue weighted by Crippen LogP contribution is 2.52. The van der Waals surface area contributed by atoms with Gasteiger partial charge in [0.25, 0.3) is 0 Å². The summed E-state index contributed by atoms with van der Waals surface area (Å²) in [6.45, 7) is 4.76. The molecule has 2 aliphatic rings. The summed E-state index contributed by atoms with van der Waals surface area (Å²) in [7, 11) is 0. The first-order chi connectivity index (χ1) is 17.1. The van der Waals surface area contributed by atoms with Gasteiger partial charge in [0.05, 0.1) is 22.4 Å². The van der Waals surface area contributed by atoms with Crippen LogP contribution in [0.1, 0.15) is 37.8 Å². The number of rotatable bonds is 3. The van der Waals surface area contributed by atoms with Gasteiger partial charge in [0.2, 0.25) is 0 Å². The topological polar surface area (TPSA) is 17.0 Å². The molecule has 0 fully saturated rings. The maximum absolute atomic E-state index is 3.90. The van der Waals surface area contributed by atoms with Gasteiger partial charge in [0.1, 0.15) is 0 Å². The standard InChI is InChI=1S/C33H28N2/c1-33(2)25-15-6-3-14-24(25)32-26(33)16-11-18-28(32)34-27-17-7-10-21-31(27)35-29-19-8-4-12-22(29)23-13-5-9-20-30(23)35/h3-10,12-15,17-21,34H,11,16H2,1-2H3. The first-order valence-electron chi connectivity index (χ1n) is 12.5. The zero-order valence-electron chi connectivity index (χ0n) is 20.2. The van der Waals surface area contributed by atoms with Crippen molar-refractivity contribution in [2.75, 3.05) is 5.32 Å². The summed E-state index contributed by atoms with van der Waals surface area (Å²) >= 11 is 0. The molecule has 170 valence electrons. The summed E-state index contributed by atoms with van der Waals surface area (Å²) in [5.41, 5.74) is 11.8. The van der Waals surface area contributed by atoms with Crippen LogP contribution in [-0.4, -0.2) is 4.57 Å². The molecule has 0 amide bonds. The number of benzene rings is 4. The molecule has 2 nitrogen and oxygen atoms in total. The van der Waals surface area contributed by atoms with Crippen molar-refractivity contribution in [3.8, 4) is 5.69 Å². The number of nitrogens with zero attached hydrogens (tertiary/aromatic N) is 1. The summed E-state index contributed by atoms with van der Waals surface area (Å²) < 4.78 is 2.40. The van der Waals surface area contributed by atoms with Crippen molar-refractivity contribution in [3.63, 3.8) is 0 Å². The smallest absolute Gasteiger partial charge is 0.0697 e. The predicted molar refractivity (Wildman–Crippen MR) is 148 cm³/mol. The molecule has 35 heavy (non-hydrogen) atoms. The summed E-state index contributed by atoms with van der Waals surface area (Å²) in [5, 5.41) is 6.47. The zero-order chi connectivity index (χ0) is 23.6. The number of nitrogens with one attached hydrogen (secondary N) is 1. The van der Waals surface area contributed by atoms with Crippen LogP contribution in [0.15, 0.2) is 114 Å². The van der Waals surface area contributed by atoms with Crippen LogP contribution in [0.25, 0.3) is 33.1 Å².